The third-order valence-electron chi connectivity index (χ3n) is 4.76. The molecule has 0 amide bonds. The smallest absolute Gasteiger partial charge is 0.138 e. The van der Waals surface area contributed by atoms with E-state index in [0.717, 1.165) is 30.0 Å². The van der Waals surface area contributed by atoms with E-state index in [2.05, 4.69) is 53.2 Å². The van der Waals surface area contributed by atoms with Gasteiger partial charge in [0.2, 0.25) is 0 Å². The van der Waals surface area contributed by atoms with Crippen molar-refractivity contribution in [1.29, 1.82) is 5.26 Å². The zero-order chi connectivity index (χ0) is 15.6. The van der Waals surface area contributed by atoms with Crippen molar-refractivity contribution >= 4 is 17.4 Å². The lowest BCUT2D eigenvalue weighted by Crippen LogP contribution is -2.36. The number of nitrogens with one attached hydrogen (secondary N) is 1. The van der Waals surface area contributed by atoms with Crippen LogP contribution in [0.4, 0.5) is 5.69 Å². The molecule has 116 valence electrons. The number of nitriles is 1. The number of anilines is 1. The monoisotopic (exact) mass is 322 g/mol. The molecular weight excluding hydrogens is 304 g/mol. The van der Waals surface area contributed by atoms with Gasteiger partial charge in [-0.3, -0.25) is 0 Å². The van der Waals surface area contributed by atoms with E-state index in [9.17, 15) is 0 Å². The summed E-state index contributed by atoms with van der Waals surface area (Å²) in [5.41, 5.74) is 3.64. The SMILES string of the molecule is N#CSc1ccc2c(c1)C1OCCCC1[C@H](c1ccccc1)N2. The maximum atomic E-state index is 8.91. The van der Waals surface area contributed by atoms with Gasteiger partial charge in [0.25, 0.3) is 0 Å². The predicted molar refractivity (Wildman–Crippen MR) is 92.1 cm³/mol. The Balaban J connectivity index is 1.75. The zero-order valence-electron chi connectivity index (χ0n) is 12.7. The van der Waals surface area contributed by atoms with E-state index in [1.807, 2.05) is 6.07 Å². The first-order chi connectivity index (χ1) is 11.4. The van der Waals surface area contributed by atoms with Crippen LogP contribution in [-0.4, -0.2) is 6.61 Å². The lowest BCUT2D eigenvalue weighted by Gasteiger charge is -2.43. The second-order valence-electron chi connectivity index (χ2n) is 6.07. The zero-order valence-corrected chi connectivity index (χ0v) is 13.6. The van der Waals surface area contributed by atoms with Crippen LogP contribution in [0.15, 0.2) is 53.4 Å². The molecule has 0 bridgehead atoms. The van der Waals surface area contributed by atoms with E-state index in [1.54, 1.807) is 0 Å². The van der Waals surface area contributed by atoms with Crippen LogP contribution in [0.25, 0.3) is 0 Å². The average molecular weight is 322 g/mol. The summed E-state index contributed by atoms with van der Waals surface area (Å²) < 4.78 is 6.16. The largest absolute Gasteiger partial charge is 0.378 e. The second kappa shape index (κ2) is 6.27. The lowest BCUT2D eigenvalue weighted by molar-refractivity contribution is -0.0382. The summed E-state index contributed by atoms with van der Waals surface area (Å²) in [5.74, 6) is 0.431. The summed E-state index contributed by atoms with van der Waals surface area (Å²) in [4.78, 5) is 0.985. The van der Waals surface area contributed by atoms with Gasteiger partial charge in [-0.15, -0.1) is 0 Å². The topological polar surface area (TPSA) is 45.0 Å². The Kier molecular flexibility index (Phi) is 3.99. The highest BCUT2D eigenvalue weighted by atomic mass is 32.2. The summed E-state index contributed by atoms with van der Waals surface area (Å²) >= 11 is 1.21. The molecule has 1 saturated heterocycles. The lowest BCUT2D eigenvalue weighted by atomic mass is 9.77. The number of hydrogen-bond acceptors (Lipinski definition) is 4. The molecule has 2 aliphatic heterocycles. The van der Waals surface area contributed by atoms with Gasteiger partial charge in [0.05, 0.1) is 12.1 Å². The minimum atomic E-state index is 0.115. The average Bonchev–Trinajstić information content (AvgIpc) is 2.62. The molecule has 0 spiro atoms. The van der Waals surface area contributed by atoms with Crippen LogP contribution >= 0.6 is 11.8 Å². The highest BCUT2D eigenvalue weighted by Crippen LogP contribution is 2.49. The number of hydrogen-bond donors (Lipinski definition) is 1. The Morgan fingerprint density at radius 1 is 1.17 bits per heavy atom. The number of rotatable bonds is 2. The molecule has 0 aliphatic carbocycles. The molecule has 3 nitrogen and oxygen atoms in total. The summed E-state index contributed by atoms with van der Waals surface area (Å²) in [6, 6.07) is 17.1. The molecule has 0 radical (unpaired) electrons. The first-order valence-corrected chi connectivity index (χ1v) is 8.81. The predicted octanol–water partition coefficient (Wildman–Crippen LogP) is 4.89. The standard InChI is InChI=1S/C19H18N2OS/c20-12-23-14-8-9-17-16(11-14)19-15(7-4-10-22-19)18(21-17)13-5-2-1-3-6-13/h1-3,5-6,8-9,11,15,18-19,21H,4,7,10H2/t15?,18-,19?/m0/s1. The van der Waals surface area contributed by atoms with Crippen molar-refractivity contribution in [3.63, 3.8) is 0 Å². The molecule has 1 N–H and O–H groups in total. The highest BCUT2D eigenvalue weighted by molar-refractivity contribution is 8.03. The summed E-state index contributed by atoms with van der Waals surface area (Å²) in [5, 5.41) is 14.8. The van der Waals surface area contributed by atoms with Gasteiger partial charge in [-0.2, -0.15) is 5.26 Å². The Labute approximate surface area is 140 Å². The van der Waals surface area contributed by atoms with Gasteiger partial charge in [0.1, 0.15) is 5.40 Å². The molecule has 2 aliphatic rings. The Morgan fingerprint density at radius 3 is 2.87 bits per heavy atom. The molecule has 2 aromatic carbocycles. The van der Waals surface area contributed by atoms with Gasteiger partial charge >= 0.3 is 0 Å². The van der Waals surface area contributed by atoms with Gasteiger partial charge in [0, 0.05) is 28.7 Å². The number of thiocyanates is 1. The molecular formula is C19H18N2OS. The third kappa shape index (κ3) is 2.71. The van der Waals surface area contributed by atoms with Crippen molar-refractivity contribution in [2.75, 3.05) is 11.9 Å². The van der Waals surface area contributed by atoms with Crippen molar-refractivity contribution in [2.24, 2.45) is 5.92 Å². The normalized spacial score (nSPS) is 25.6. The van der Waals surface area contributed by atoms with Crippen molar-refractivity contribution in [3.8, 4) is 5.40 Å². The van der Waals surface area contributed by atoms with Gasteiger partial charge < -0.3 is 10.1 Å². The molecule has 2 unspecified atom stereocenters. The van der Waals surface area contributed by atoms with Gasteiger partial charge in [0.15, 0.2) is 0 Å². The van der Waals surface area contributed by atoms with Crippen LogP contribution in [0, 0.1) is 16.6 Å². The number of fused-ring (bicyclic) bond motifs is 3. The highest BCUT2D eigenvalue weighted by Gasteiger charge is 2.39. The second-order valence-corrected chi connectivity index (χ2v) is 6.93. The number of ether oxygens (including phenoxy) is 1. The first-order valence-electron chi connectivity index (χ1n) is 8.00. The van der Waals surface area contributed by atoms with Crippen molar-refractivity contribution in [1.82, 2.24) is 0 Å². The molecule has 0 aromatic heterocycles. The number of nitrogens with zero attached hydrogens (tertiary/aromatic N) is 1. The molecule has 4 heteroatoms. The quantitative estimate of drug-likeness (QED) is 0.631. The fraction of sp³-hybridized carbons (Fsp3) is 0.316. The fourth-order valence-corrected chi connectivity index (χ4v) is 4.18. The molecule has 0 saturated carbocycles. The van der Waals surface area contributed by atoms with Crippen LogP contribution in [0.2, 0.25) is 0 Å². The number of thioether (sulfide) groups is 1. The molecule has 3 atom stereocenters. The van der Waals surface area contributed by atoms with Crippen LogP contribution in [0.1, 0.15) is 36.1 Å². The Hall–Kier alpha value is -1.96. The van der Waals surface area contributed by atoms with Crippen molar-refractivity contribution < 1.29 is 4.74 Å². The Morgan fingerprint density at radius 2 is 2.04 bits per heavy atom. The summed E-state index contributed by atoms with van der Waals surface area (Å²) in [6.45, 7) is 0.817. The van der Waals surface area contributed by atoms with Crippen LogP contribution < -0.4 is 5.32 Å². The minimum Gasteiger partial charge on any atom is -0.378 e. The molecule has 1 fully saturated rings. The van der Waals surface area contributed by atoms with Crippen molar-refractivity contribution in [2.45, 2.75) is 29.9 Å². The summed E-state index contributed by atoms with van der Waals surface area (Å²) in [6.07, 6.45) is 2.38. The first kappa shape index (κ1) is 14.6. The minimum absolute atomic E-state index is 0.115. The fourth-order valence-electron chi connectivity index (χ4n) is 3.76. The molecule has 4 rings (SSSR count). The van der Waals surface area contributed by atoms with E-state index >= 15 is 0 Å². The van der Waals surface area contributed by atoms with E-state index in [4.69, 9.17) is 10.00 Å². The molecule has 2 heterocycles. The Bertz CT molecular complexity index is 741. The van der Waals surface area contributed by atoms with Crippen LogP contribution in [0.3, 0.4) is 0 Å². The maximum Gasteiger partial charge on any atom is 0.138 e. The van der Waals surface area contributed by atoms with Gasteiger partial charge in [-0.05, 0) is 48.4 Å². The van der Waals surface area contributed by atoms with Gasteiger partial charge in [-0.1, -0.05) is 30.3 Å². The van der Waals surface area contributed by atoms with E-state index < -0.39 is 0 Å². The van der Waals surface area contributed by atoms with E-state index in [0.29, 0.717) is 5.92 Å². The van der Waals surface area contributed by atoms with Crippen LogP contribution in [0.5, 0.6) is 0 Å². The van der Waals surface area contributed by atoms with E-state index in [1.165, 1.54) is 22.9 Å². The van der Waals surface area contributed by atoms with Crippen LogP contribution in [-0.2, 0) is 4.74 Å². The molecule has 2 aromatic rings. The third-order valence-corrected chi connectivity index (χ3v) is 5.34. The number of benzene rings is 2. The maximum absolute atomic E-state index is 8.91. The van der Waals surface area contributed by atoms with Gasteiger partial charge in [-0.25, -0.2) is 0 Å². The van der Waals surface area contributed by atoms with E-state index in [-0.39, 0.29) is 12.1 Å². The van der Waals surface area contributed by atoms with Crippen molar-refractivity contribution in [3.05, 3.63) is 59.7 Å². The molecule has 23 heavy (non-hydrogen) atoms. The summed E-state index contributed by atoms with van der Waals surface area (Å²) in [7, 11) is 0.